The molecular formula is C23H21ClN2. The summed E-state index contributed by atoms with van der Waals surface area (Å²) in [5.74, 6) is 0. The van der Waals surface area contributed by atoms with Gasteiger partial charge in [0.2, 0.25) is 0 Å². The lowest BCUT2D eigenvalue weighted by molar-refractivity contribution is 0.709. The lowest BCUT2D eigenvalue weighted by Crippen LogP contribution is -2.18. The molecule has 0 saturated heterocycles. The van der Waals surface area contributed by atoms with Crippen molar-refractivity contribution in [2.45, 2.75) is 26.3 Å². The van der Waals surface area contributed by atoms with Gasteiger partial charge >= 0.3 is 0 Å². The number of hydrogen-bond acceptors (Lipinski definition) is 2. The van der Waals surface area contributed by atoms with Crippen molar-refractivity contribution < 1.29 is 0 Å². The maximum absolute atomic E-state index is 6.09. The molecule has 0 bridgehead atoms. The number of nitrogens with zero attached hydrogens (tertiary/aromatic N) is 2. The van der Waals surface area contributed by atoms with E-state index in [1.54, 1.807) is 0 Å². The van der Waals surface area contributed by atoms with Gasteiger partial charge in [-0.2, -0.15) is 5.10 Å². The average molecular weight is 361 g/mol. The van der Waals surface area contributed by atoms with Crippen LogP contribution in [0.4, 0.5) is 5.69 Å². The van der Waals surface area contributed by atoms with Gasteiger partial charge in [0, 0.05) is 17.0 Å². The number of para-hydroxylation sites is 1. The van der Waals surface area contributed by atoms with Crippen LogP contribution in [0.2, 0.25) is 5.02 Å². The topological polar surface area (TPSA) is 15.6 Å². The molecule has 3 aromatic carbocycles. The molecule has 3 aromatic rings. The molecule has 0 aliphatic carbocycles. The highest BCUT2D eigenvalue weighted by molar-refractivity contribution is 6.30. The third-order valence-corrected chi connectivity index (χ3v) is 5.13. The van der Waals surface area contributed by atoms with Crippen molar-refractivity contribution in [1.29, 1.82) is 0 Å². The van der Waals surface area contributed by atoms with Crippen LogP contribution >= 0.6 is 11.6 Å². The molecule has 1 atom stereocenters. The lowest BCUT2D eigenvalue weighted by Gasteiger charge is -2.24. The number of aryl methyl sites for hydroxylation is 2. The number of anilines is 1. The summed E-state index contributed by atoms with van der Waals surface area (Å²) < 4.78 is 0. The van der Waals surface area contributed by atoms with Crippen molar-refractivity contribution in [3.05, 3.63) is 100 Å². The van der Waals surface area contributed by atoms with E-state index in [-0.39, 0.29) is 6.04 Å². The van der Waals surface area contributed by atoms with Crippen LogP contribution in [0.15, 0.2) is 77.9 Å². The maximum Gasteiger partial charge on any atom is 0.0831 e. The van der Waals surface area contributed by atoms with E-state index < -0.39 is 0 Å². The first-order chi connectivity index (χ1) is 12.6. The highest BCUT2D eigenvalue weighted by Gasteiger charge is 2.30. The van der Waals surface area contributed by atoms with Crippen LogP contribution in [-0.4, -0.2) is 5.71 Å². The Balaban J connectivity index is 1.76. The molecule has 26 heavy (non-hydrogen) atoms. The summed E-state index contributed by atoms with van der Waals surface area (Å²) in [7, 11) is 0. The number of hydrogen-bond donors (Lipinski definition) is 0. The maximum atomic E-state index is 6.09. The molecule has 1 unspecified atom stereocenters. The first-order valence-electron chi connectivity index (χ1n) is 8.86. The molecule has 0 saturated carbocycles. The predicted octanol–water partition coefficient (Wildman–Crippen LogP) is 6.31. The SMILES string of the molecule is Cc1ccc(C2=NN(c3ccccc3)C(c3ccc(Cl)cc3)C2)c(C)c1. The predicted molar refractivity (Wildman–Crippen MR) is 110 cm³/mol. The zero-order chi connectivity index (χ0) is 18.1. The Kier molecular flexibility index (Phi) is 4.52. The Morgan fingerprint density at radius 2 is 1.65 bits per heavy atom. The van der Waals surface area contributed by atoms with Gasteiger partial charge in [0.05, 0.1) is 17.4 Å². The Hall–Kier alpha value is -2.58. The molecule has 0 N–H and O–H groups in total. The van der Waals surface area contributed by atoms with Gasteiger partial charge in [-0.05, 0) is 49.2 Å². The van der Waals surface area contributed by atoms with Crippen LogP contribution in [-0.2, 0) is 0 Å². The lowest BCUT2D eigenvalue weighted by atomic mass is 9.95. The van der Waals surface area contributed by atoms with Gasteiger partial charge in [0.25, 0.3) is 0 Å². The summed E-state index contributed by atoms with van der Waals surface area (Å²) in [6.07, 6.45) is 0.875. The first kappa shape index (κ1) is 16.9. The second-order valence-electron chi connectivity index (χ2n) is 6.82. The zero-order valence-corrected chi connectivity index (χ0v) is 15.7. The second-order valence-corrected chi connectivity index (χ2v) is 7.25. The Morgan fingerprint density at radius 3 is 2.35 bits per heavy atom. The van der Waals surface area contributed by atoms with Gasteiger partial charge in [-0.1, -0.05) is 65.7 Å². The molecule has 130 valence electrons. The standard InChI is InChI=1S/C23H21ClN2/c1-16-8-13-21(17(2)14-16)22-15-23(18-9-11-19(24)12-10-18)26(25-22)20-6-4-3-5-7-20/h3-14,23H,15H2,1-2H3. The Bertz CT molecular complexity index is 946. The van der Waals surface area contributed by atoms with Gasteiger partial charge in [-0.15, -0.1) is 0 Å². The minimum Gasteiger partial charge on any atom is -0.257 e. The van der Waals surface area contributed by atoms with Gasteiger partial charge in [0.1, 0.15) is 0 Å². The summed E-state index contributed by atoms with van der Waals surface area (Å²) in [6.45, 7) is 4.29. The number of benzene rings is 3. The minimum atomic E-state index is 0.172. The Labute approximate surface area is 159 Å². The van der Waals surface area contributed by atoms with E-state index in [4.69, 9.17) is 16.7 Å². The molecule has 0 fully saturated rings. The molecule has 0 aromatic heterocycles. The first-order valence-corrected chi connectivity index (χ1v) is 9.24. The monoisotopic (exact) mass is 360 g/mol. The summed E-state index contributed by atoms with van der Waals surface area (Å²) in [5.41, 5.74) is 7.24. The van der Waals surface area contributed by atoms with Gasteiger partial charge in [-0.25, -0.2) is 0 Å². The van der Waals surface area contributed by atoms with Crippen molar-refractivity contribution in [2.24, 2.45) is 5.10 Å². The van der Waals surface area contributed by atoms with E-state index in [2.05, 4.69) is 73.5 Å². The van der Waals surface area contributed by atoms with Crippen LogP contribution < -0.4 is 5.01 Å². The van der Waals surface area contributed by atoms with Crippen molar-refractivity contribution in [3.63, 3.8) is 0 Å². The molecule has 3 heteroatoms. The van der Waals surface area contributed by atoms with Crippen LogP contribution in [0.25, 0.3) is 0 Å². The van der Waals surface area contributed by atoms with E-state index in [9.17, 15) is 0 Å². The van der Waals surface area contributed by atoms with E-state index in [0.717, 1.165) is 22.8 Å². The molecule has 1 aliphatic heterocycles. The Morgan fingerprint density at radius 1 is 0.923 bits per heavy atom. The van der Waals surface area contributed by atoms with Gasteiger partial charge < -0.3 is 0 Å². The van der Waals surface area contributed by atoms with Crippen LogP contribution in [0.3, 0.4) is 0 Å². The zero-order valence-electron chi connectivity index (χ0n) is 15.0. The third kappa shape index (κ3) is 3.25. The molecule has 0 amide bonds. The highest BCUT2D eigenvalue weighted by atomic mass is 35.5. The van der Waals surface area contributed by atoms with E-state index >= 15 is 0 Å². The van der Waals surface area contributed by atoms with E-state index in [1.165, 1.54) is 22.3 Å². The molecule has 2 nitrogen and oxygen atoms in total. The van der Waals surface area contributed by atoms with Crippen molar-refractivity contribution >= 4 is 23.0 Å². The van der Waals surface area contributed by atoms with Crippen LogP contribution in [0, 0.1) is 13.8 Å². The molecule has 1 aliphatic rings. The molecule has 0 spiro atoms. The summed E-state index contributed by atoms with van der Waals surface area (Å²) >= 11 is 6.09. The number of rotatable bonds is 3. The molecule has 1 heterocycles. The van der Waals surface area contributed by atoms with Crippen molar-refractivity contribution in [1.82, 2.24) is 0 Å². The summed E-state index contributed by atoms with van der Waals surface area (Å²) in [4.78, 5) is 0. The van der Waals surface area contributed by atoms with E-state index in [1.807, 2.05) is 18.2 Å². The third-order valence-electron chi connectivity index (χ3n) is 4.88. The molecule has 4 rings (SSSR count). The van der Waals surface area contributed by atoms with Crippen molar-refractivity contribution in [3.8, 4) is 0 Å². The number of halogens is 1. The smallest absolute Gasteiger partial charge is 0.0831 e. The quantitative estimate of drug-likeness (QED) is 0.534. The van der Waals surface area contributed by atoms with Crippen LogP contribution in [0.1, 0.15) is 34.7 Å². The molecular weight excluding hydrogens is 340 g/mol. The van der Waals surface area contributed by atoms with Gasteiger partial charge in [-0.3, -0.25) is 5.01 Å². The minimum absolute atomic E-state index is 0.172. The van der Waals surface area contributed by atoms with E-state index in [0.29, 0.717) is 0 Å². The highest BCUT2D eigenvalue weighted by Crippen LogP contribution is 2.37. The summed E-state index contributed by atoms with van der Waals surface area (Å²) in [6, 6.07) is 25.2. The average Bonchev–Trinajstić information content (AvgIpc) is 3.08. The second kappa shape index (κ2) is 6.97. The number of hydrazone groups is 1. The van der Waals surface area contributed by atoms with Crippen LogP contribution in [0.5, 0.6) is 0 Å². The fourth-order valence-electron chi connectivity index (χ4n) is 3.57. The normalized spacial score (nSPS) is 16.7. The fourth-order valence-corrected chi connectivity index (χ4v) is 3.70. The van der Waals surface area contributed by atoms with Crippen molar-refractivity contribution in [2.75, 3.05) is 5.01 Å². The summed E-state index contributed by atoms with van der Waals surface area (Å²) in [5, 5.41) is 7.91. The largest absolute Gasteiger partial charge is 0.257 e. The van der Waals surface area contributed by atoms with Gasteiger partial charge in [0.15, 0.2) is 0 Å². The molecule has 0 radical (unpaired) electrons. The fraction of sp³-hybridized carbons (Fsp3) is 0.174.